The van der Waals surface area contributed by atoms with Gasteiger partial charge in [0, 0.05) is 19.0 Å². The minimum absolute atomic E-state index is 0.0449. The summed E-state index contributed by atoms with van der Waals surface area (Å²) in [5.74, 6) is 1.15. The Bertz CT molecular complexity index is 911. The first-order valence-corrected chi connectivity index (χ1v) is 11.7. The van der Waals surface area contributed by atoms with Crippen molar-refractivity contribution >= 4 is 11.8 Å². The highest BCUT2D eigenvalue weighted by molar-refractivity contribution is 5.88. The quantitative estimate of drug-likeness (QED) is 0.506. The van der Waals surface area contributed by atoms with E-state index in [1.807, 2.05) is 70.2 Å². The van der Waals surface area contributed by atoms with Crippen LogP contribution in [-0.4, -0.2) is 43.0 Å². The summed E-state index contributed by atoms with van der Waals surface area (Å²) in [6, 6.07) is 13.3. The van der Waals surface area contributed by atoms with Crippen molar-refractivity contribution in [3.63, 3.8) is 0 Å². The van der Waals surface area contributed by atoms with Gasteiger partial charge in [0.25, 0.3) is 0 Å². The summed E-state index contributed by atoms with van der Waals surface area (Å²) in [6.45, 7) is 8.39. The van der Waals surface area contributed by atoms with Crippen molar-refractivity contribution in [2.45, 2.75) is 72.0 Å². The molecule has 2 rings (SSSR count). The van der Waals surface area contributed by atoms with Crippen molar-refractivity contribution in [3.8, 4) is 11.5 Å². The molecule has 6 nitrogen and oxygen atoms in total. The number of carbonyl (C=O) groups is 2. The Labute approximate surface area is 198 Å². The Morgan fingerprint density at radius 2 is 1.58 bits per heavy atom. The van der Waals surface area contributed by atoms with Gasteiger partial charge < -0.3 is 19.7 Å². The molecule has 2 aromatic rings. The number of methoxy groups -OCH3 is 2. The molecule has 2 atom stereocenters. The summed E-state index contributed by atoms with van der Waals surface area (Å²) in [5, 5.41) is 3.05. The van der Waals surface area contributed by atoms with E-state index >= 15 is 0 Å². The van der Waals surface area contributed by atoms with Crippen LogP contribution in [0.25, 0.3) is 0 Å². The van der Waals surface area contributed by atoms with Gasteiger partial charge in [-0.3, -0.25) is 9.59 Å². The second kappa shape index (κ2) is 12.9. The lowest BCUT2D eigenvalue weighted by molar-refractivity contribution is -0.141. The van der Waals surface area contributed by atoms with Crippen LogP contribution in [0.2, 0.25) is 0 Å². The average molecular weight is 455 g/mol. The van der Waals surface area contributed by atoms with Crippen molar-refractivity contribution < 1.29 is 19.1 Å². The Morgan fingerprint density at radius 3 is 2.15 bits per heavy atom. The van der Waals surface area contributed by atoms with E-state index in [1.165, 1.54) is 0 Å². The van der Waals surface area contributed by atoms with Gasteiger partial charge in [-0.25, -0.2) is 0 Å². The minimum atomic E-state index is -0.516. The van der Waals surface area contributed by atoms with Crippen LogP contribution >= 0.6 is 0 Å². The van der Waals surface area contributed by atoms with E-state index < -0.39 is 6.04 Å². The maximum absolute atomic E-state index is 13.4. The topological polar surface area (TPSA) is 67.9 Å². The lowest BCUT2D eigenvalue weighted by Crippen LogP contribution is -2.50. The van der Waals surface area contributed by atoms with Crippen LogP contribution in [0.1, 0.15) is 56.7 Å². The van der Waals surface area contributed by atoms with Gasteiger partial charge in [0.2, 0.25) is 11.8 Å². The van der Waals surface area contributed by atoms with E-state index in [2.05, 4.69) is 5.32 Å². The van der Waals surface area contributed by atoms with Crippen molar-refractivity contribution in [2.75, 3.05) is 14.2 Å². The lowest BCUT2D eigenvalue weighted by atomic mass is 10.0. The molecule has 0 radical (unpaired) electrons. The lowest BCUT2D eigenvalue weighted by Gasteiger charge is -2.31. The van der Waals surface area contributed by atoms with Gasteiger partial charge in [-0.1, -0.05) is 49.7 Å². The van der Waals surface area contributed by atoms with E-state index in [9.17, 15) is 9.59 Å². The molecule has 1 N–H and O–H groups in total. The first kappa shape index (κ1) is 26.2. The Kier molecular flexibility index (Phi) is 10.2. The normalized spacial score (nSPS) is 12.5. The number of hydrogen-bond donors (Lipinski definition) is 1. The van der Waals surface area contributed by atoms with Gasteiger partial charge >= 0.3 is 0 Å². The second-order valence-corrected chi connectivity index (χ2v) is 8.44. The van der Waals surface area contributed by atoms with Crippen LogP contribution in [-0.2, 0) is 22.6 Å². The third kappa shape index (κ3) is 7.52. The fourth-order valence-electron chi connectivity index (χ4n) is 3.68. The van der Waals surface area contributed by atoms with E-state index in [0.29, 0.717) is 37.3 Å². The summed E-state index contributed by atoms with van der Waals surface area (Å²) in [5.41, 5.74) is 3.15. The molecule has 0 heterocycles. The first-order chi connectivity index (χ1) is 15.8. The molecule has 0 saturated heterocycles. The van der Waals surface area contributed by atoms with Gasteiger partial charge in [0.1, 0.15) is 6.04 Å². The maximum Gasteiger partial charge on any atom is 0.243 e. The SMILES string of the molecule is CCC(C)NC(=O)C(CC)N(Cc1ccc(C)cc1)C(=O)CCc1ccc(OC)c(OC)c1. The summed E-state index contributed by atoms with van der Waals surface area (Å²) in [4.78, 5) is 28.2. The van der Waals surface area contributed by atoms with E-state index in [1.54, 1.807) is 19.1 Å². The average Bonchev–Trinajstić information content (AvgIpc) is 2.83. The third-order valence-electron chi connectivity index (χ3n) is 5.94. The molecule has 0 aliphatic rings. The fourth-order valence-corrected chi connectivity index (χ4v) is 3.68. The summed E-state index contributed by atoms with van der Waals surface area (Å²) in [7, 11) is 3.19. The highest BCUT2D eigenvalue weighted by atomic mass is 16.5. The molecule has 6 heteroatoms. The van der Waals surface area contributed by atoms with E-state index in [0.717, 1.165) is 23.1 Å². The molecule has 0 fully saturated rings. The number of nitrogens with one attached hydrogen (secondary N) is 1. The predicted octanol–water partition coefficient (Wildman–Crippen LogP) is 4.67. The number of nitrogens with zero attached hydrogens (tertiary/aromatic N) is 1. The number of ether oxygens (including phenoxy) is 2. The van der Waals surface area contributed by atoms with Crippen LogP contribution in [0, 0.1) is 6.92 Å². The smallest absolute Gasteiger partial charge is 0.243 e. The Hall–Kier alpha value is -3.02. The minimum Gasteiger partial charge on any atom is -0.493 e. The molecular weight excluding hydrogens is 416 g/mol. The summed E-state index contributed by atoms with van der Waals surface area (Å²) >= 11 is 0. The van der Waals surface area contributed by atoms with Crippen LogP contribution in [0.3, 0.4) is 0 Å². The summed E-state index contributed by atoms with van der Waals surface area (Å²) < 4.78 is 10.7. The van der Waals surface area contributed by atoms with Gasteiger partial charge in [-0.2, -0.15) is 0 Å². The van der Waals surface area contributed by atoms with Crippen molar-refractivity contribution in [2.24, 2.45) is 0 Å². The van der Waals surface area contributed by atoms with Gasteiger partial charge in [-0.05, 0) is 56.4 Å². The van der Waals surface area contributed by atoms with E-state index in [4.69, 9.17) is 9.47 Å². The first-order valence-electron chi connectivity index (χ1n) is 11.7. The highest BCUT2D eigenvalue weighted by Crippen LogP contribution is 2.28. The number of amides is 2. The molecule has 0 aromatic heterocycles. The summed E-state index contributed by atoms with van der Waals surface area (Å²) in [6.07, 6.45) is 2.24. The molecule has 180 valence electrons. The van der Waals surface area contributed by atoms with Crippen LogP contribution in [0.4, 0.5) is 0 Å². The second-order valence-electron chi connectivity index (χ2n) is 8.44. The Morgan fingerprint density at radius 1 is 0.939 bits per heavy atom. The molecule has 33 heavy (non-hydrogen) atoms. The van der Waals surface area contributed by atoms with Gasteiger partial charge in [0.15, 0.2) is 11.5 Å². The number of benzene rings is 2. The molecular formula is C27H38N2O4. The third-order valence-corrected chi connectivity index (χ3v) is 5.94. The van der Waals surface area contributed by atoms with Crippen molar-refractivity contribution in [1.29, 1.82) is 0 Å². The highest BCUT2D eigenvalue weighted by Gasteiger charge is 2.29. The van der Waals surface area contributed by atoms with Crippen LogP contribution in [0.15, 0.2) is 42.5 Å². The monoisotopic (exact) mass is 454 g/mol. The molecule has 0 aliphatic carbocycles. The fraction of sp³-hybridized carbons (Fsp3) is 0.481. The largest absolute Gasteiger partial charge is 0.493 e. The molecule has 0 bridgehead atoms. The van der Waals surface area contributed by atoms with Gasteiger partial charge in [0.05, 0.1) is 14.2 Å². The zero-order valence-electron chi connectivity index (χ0n) is 20.8. The standard InChI is InChI=1S/C27H38N2O4/c1-7-20(4)28-27(31)23(8-2)29(18-22-11-9-19(3)10-12-22)26(30)16-14-21-13-15-24(32-5)25(17-21)33-6/h9-13,15,17,20,23H,7-8,14,16,18H2,1-6H3,(H,28,31). The van der Waals surface area contributed by atoms with Crippen molar-refractivity contribution in [3.05, 3.63) is 59.2 Å². The molecule has 2 aromatic carbocycles. The number of hydrogen-bond acceptors (Lipinski definition) is 4. The molecule has 0 aliphatic heterocycles. The zero-order valence-corrected chi connectivity index (χ0v) is 20.8. The zero-order chi connectivity index (χ0) is 24.4. The number of carbonyl (C=O) groups excluding carboxylic acids is 2. The predicted molar refractivity (Wildman–Crippen MR) is 132 cm³/mol. The molecule has 2 amide bonds. The Balaban J connectivity index is 2.22. The maximum atomic E-state index is 13.4. The number of rotatable bonds is 12. The van der Waals surface area contributed by atoms with Crippen LogP contribution < -0.4 is 14.8 Å². The molecule has 0 spiro atoms. The van der Waals surface area contributed by atoms with Gasteiger partial charge in [-0.15, -0.1) is 0 Å². The van der Waals surface area contributed by atoms with E-state index in [-0.39, 0.29) is 17.9 Å². The number of aryl methyl sites for hydroxylation is 2. The van der Waals surface area contributed by atoms with Crippen LogP contribution in [0.5, 0.6) is 11.5 Å². The molecule has 2 unspecified atom stereocenters. The van der Waals surface area contributed by atoms with Crippen molar-refractivity contribution in [1.82, 2.24) is 10.2 Å². The molecule has 0 saturated carbocycles.